The van der Waals surface area contributed by atoms with Gasteiger partial charge < -0.3 is 10.6 Å². The van der Waals surface area contributed by atoms with Crippen LogP contribution in [0.3, 0.4) is 0 Å². The molecule has 1 atom stereocenters. The predicted molar refractivity (Wildman–Crippen MR) is 126 cm³/mol. The molecule has 0 aliphatic carbocycles. The first-order valence-electron chi connectivity index (χ1n) is 10.9. The van der Waals surface area contributed by atoms with Crippen LogP contribution in [0.5, 0.6) is 0 Å². The number of fused-ring (bicyclic) bond motifs is 3. The zero-order valence-electron chi connectivity index (χ0n) is 18.9. The Hall–Kier alpha value is -2.88. The van der Waals surface area contributed by atoms with Gasteiger partial charge in [0.15, 0.2) is 5.16 Å². The van der Waals surface area contributed by atoms with Crippen molar-refractivity contribution in [1.29, 1.82) is 0 Å². The Bertz CT molecular complexity index is 1170. The van der Waals surface area contributed by atoms with E-state index < -0.39 is 0 Å². The molecule has 1 unspecified atom stereocenters. The molecule has 1 aromatic carbocycles. The highest BCUT2D eigenvalue weighted by Gasteiger charge is 2.18. The maximum absolute atomic E-state index is 13.1. The number of aromatic nitrogens is 4. The summed E-state index contributed by atoms with van der Waals surface area (Å²) in [7, 11) is 0. The first-order valence-corrected chi connectivity index (χ1v) is 11.9. The van der Waals surface area contributed by atoms with Gasteiger partial charge in [0.05, 0.1) is 16.7 Å². The summed E-state index contributed by atoms with van der Waals surface area (Å²) in [4.78, 5) is 37.6. The Labute approximate surface area is 191 Å². The highest BCUT2D eigenvalue weighted by atomic mass is 32.2. The number of aryl methyl sites for hydroxylation is 1. The molecule has 0 saturated heterocycles. The number of carbonyl (C=O) groups is 2. The molecule has 172 valence electrons. The van der Waals surface area contributed by atoms with E-state index in [1.54, 1.807) is 16.5 Å². The van der Waals surface area contributed by atoms with E-state index in [0.717, 1.165) is 6.42 Å². The zero-order chi connectivity index (χ0) is 23.3. The van der Waals surface area contributed by atoms with Gasteiger partial charge in [-0.3, -0.25) is 23.4 Å². The van der Waals surface area contributed by atoms with Crippen LogP contribution in [-0.4, -0.2) is 49.3 Å². The number of hydrogen-bond donors (Lipinski definition) is 2. The Morgan fingerprint density at radius 3 is 2.59 bits per heavy atom. The van der Waals surface area contributed by atoms with Gasteiger partial charge in [-0.25, -0.2) is 0 Å². The summed E-state index contributed by atoms with van der Waals surface area (Å²) < 4.78 is 3.26. The molecule has 0 bridgehead atoms. The third-order valence-corrected chi connectivity index (χ3v) is 6.03. The lowest BCUT2D eigenvalue weighted by atomic mass is 10.2. The molecule has 0 aliphatic rings. The molecule has 9 nitrogen and oxygen atoms in total. The smallest absolute Gasteiger partial charge is 0.262 e. The molecule has 2 N–H and O–H groups in total. The van der Waals surface area contributed by atoms with Gasteiger partial charge in [-0.1, -0.05) is 44.7 Å². The van der Waals surface area contributed by atoms with E-state index in [1.807, 2.05) is 39.8 Å². The van der Waals surface area contributed by atoms with E-state index in [0.29, 0.717) is 34.3 Å². The van der Waals surface area contributed by atoms with Gasteiger partial charge in [0.25, 0.3) is 5.56 Å². The second-order valence-electron chi connectivity index (χ2n) is 8.21. The number of nitrogens with one attached hydrogen (secondary N) is 2. The van der Waals surface area contributed by atoms with Crippen LogP contribution in [-0.2, 0) is 16.1 Å². The second kappa shape index (κ2) is 10.6. The van der Waals surface area contributed by atoms with Crippen molar-refractivity contribution >= 4 is 40.3 Å². The fraction of sp³-hybridized carbons (Fsp3) is 0.500. The van der Waals surface area contributed by atoms with Crippen LogP contribution in [0.4, 0.5) is 0 Å². The second-order valence-corrected chi connectivity index (χ2v) is 9.15. The third-order valence-electron chi connectivity index (χ3n) is 5.10. The van der Waals surface area contributed by atoms with Crippen molar-refractivity contribution in [1.82, 2.24) is 29.8 Å². The SMILES string of the molecule is CCC(C)NC(=O)CSc1nnc2n(CCC(=O)NCC(C)C)c(=O)c3ccccc3n12. The van der Waals surface area contributed by atoms with Crippen molar-refractivity contribution in [3.8, 4) is 0 Å². The van der Waals surface area contributed by atoms with Crippen LogP contribution in [0, 0.1) is 5.92 Å². The minimum Gasteiger partial charge on any atom is -0.356 e. The topological polar surface area (TPSA) is 110 Å². The molecule has 32 heavy (non-hydrogen) atoms. The molecule has 2 heterocycles. The minimum absolute atomic E-state index is 0.0828. The number of para-hydroxylation sites is 1. The fourth-order valence-electron chi connectivity index (χ4n) is 3.20. The Morgan fingerprint density at radius 1 is 1.12 bits per heavy atom. The van der Waals surface area contributed by atoms with Crippen molar-refractivity contribution in [2.45, 2.75) is 58.3 Å². The summed E-state index contributed by atoms with van der Waals surface area (Å²) in [6, 6.07) is 7.32. The molecule has 0 spiro atoms. The molecule has 2 amide bonds. The van der Waals surface area contributed by atoms with Crippen molar-refractivity contribution in [2.24, 2.45) is 5.92 Å². The lowest BCUT2D eigenvalue weighted by Gasteiger charge is -2.12. The van der Waals surface area contributed by atoms with E-state index in [2.05, 4.69) is 20.8 Å². The van der Waals surface area contributed by atoms with Crippen LogP contribution < -0.4 is 16.2 Å². The molecule has 0 saturated carbocycles. The Morgan fingerprint density at radius 2 is 1.88 bits per heavy atom. The number of hydrogen-bond acceptors (Lipinski definition) is 6. The van der Waals surface area contributed by atoms with E-state index >= 15 is 0 Å². The van der Waals surface area contributed by atoms with Gasteiger partial charge in [-0.2, -0.15) is 0 Å². The Balaban J connectivity index is 1.91. The van der Waals surface area contributed by atoms with Crippen molar-refractivity contribution < 1.29 is 9.59 Å². The summed E-state index contributed by atoms with van der Waals surface area (Å²) in [5.41, 5.74) is 0.450. The maximum atomic E-state index is 13.1. The molecule has 3 aromatic rings. The van der Waals surface area contributed by atoms with Gasteiger partial charge in [0.2, 0.25) is 17.6 Å². The molecular formula is C22H30N6O3S. The fourth-order valence-corrected chi connectivity index (χ4v) is 3.95. The van der Waals surface area contributed by atoms with Crippen LogP contribution in [0.1, 0.15) is 40.5 Å². The molecule has 0 radical (unpaired) electrons. The lowest BCUT2D eigenvalue weighted by molar-refractivity contribution is -0.121. The number of amides is 2. The number of carbonyl (C=O) groups excluding carboxylic acids is 2. The summed E-state index contributed by atoms with van der Waals surface area (Å²) >= 11 is 1.26. The van der Waals surface area contributed by atoms with Crippen LogP contribution in [0.25, 0.3) is 16.7 Å². The van der Waals surface area contributed by atoms with E-state index in [9.17, 15) is 14.4 Å². The van der Waals surface area contributed by atoms with Gasteiger partial charge in [-0.15, -0.1) is 10.2 Å². The summed E-state index contributed by atoms with van der Waals surface area (Å²) in [5, 5.41) is 15.3. The summed E-state index contributed by atoms with van der Waals surface area (Å²) in [6.45, 7) is 8.79. The number of thioether (sulfide) groups is 1. The Kier molecular flexibility index (Phi) is 7.89. The normalized spacial score (nSPS) is 12.4. The monoisotopic (exact) mass is 458 g/mol. The van der Waals surface area contributed by atoms with Crippen LogP contribution in [0.2, 0.25) is 0 Å². The van der Waals surface area contributed by atoms with Crippen molar-refractivity contribution in [3.05, 3.63) is 34.6 Å². The highest BCUT2D eigenvalue weighted by Crippen LogP contribution is 2.21. The van der Waals surface area contributed by atoms with Gasteiger partial charge in [-0.05, 0) is 31.4 Å². The molecule has 0 aliphatic heterocycles. The molecule has 10 heteroatoms. The van der Waals surface area contributed by atoms with E-state index in [1.165, 1.54) is 16.3 Å². The van der Waals surface area contributed by atoms with E-state index in [4.69, 9.17) is 0 Å². The largest absolute Gasteiger partial charge is 0.356 e. The first-order chi connectivity index (χ1) is 15.3. The number of rotatable bonds is 10. The zero-order valence-corrected chi connectivity index (χ0v) is 19.7. The van der Waals surface area contributed by atoms with Crippen molar-refractivity contribution in [2.75, 3.05) is 12.3 Å². The van der Waals surface area contributed by atoms with Crippen LogP contribution >= 0.6 is 11.8 Å². The number of nitrogens with zero attached hydrogens (tertiary/aromatic N) is 4. The first kappa shape index (κ1) is 23.8. The molecule has 2 aromatic heterocycles. The molecule has 0 fully saturated rings. The highest BCUT2D eigenvalue weighted by molar-refractivity contribution is 7.99. The van der Waals surface area contributed by atoms with Gasteiger partial charge in [0.1, 0.15) is 0 Å². The molecule has 3 rings (SSSR count). The molecular weight excluding hydrogens is 428 g/mol. The van der Waals surface area contributed by atoms with Gasteiger partial charge in [0, 0.05) is 25.6 Å². The average Bonchev–Trinajstić information content (AvgIpc) is 3.20. The van der Waals surface area contributed by atoms with Crippen LogP contribution in [0.15, 0.2) is 34.2 Å². The maximum Gasteiger partial charge on any atom is 0.262 e. The van der Waals surface area contributed by atoms with Crippen molar-refractivity contribution in [3.63, 3.8) is 0 Å². The third kappa shape index (κ3) is 5.48. The quantitative estimate of drug-likeness (QED) is 0.451. The lowest BCUT2D eigenvalue weighted by Crippen LogP contribution is -2.33. The standard InChI is InChI=1S/C22H30N6O3S/c1-5-15(4)24-19(30)13-32-22-26-25-21-27(11-10-18(29)23-12-14(2)3)20(31)16-8-6-7-9-17(16)28(21)22/h6-9,14-15H,5,10-13H2,1-4H3,(H,23,29)(H,24,30). The number of benzene rings is 1. The minimum atomic E-state index is -0.219. The van der Waals surface area contributed by atoms with E-state index in [-0.39, 0.29) is 42.1 Å². The summed E-state index contributed by atoms with van der Waals surface area (Å²) in [6.07, 6.45) is 1.01. The van der Waals surface area contributed by atoms with Gasteiger partial charge >= 0.3 is 0 Å². The summed E-state index contributed by atoms with van der Waals surface area (Å²) in [5.74, 6) is 0.696. The average molecular weight is 459 g/mol. The predicted octanol–water partition coefficient (Wildman–Crippen LogP) is 2.21.